The van der Waals surface area contributed by atoms with E-state index in [0.717, 1.165) is 73.1 Å². The highest BCUT2D eigenvalue weighted by Gasteiger charge is 2.18. The van der Waals surface area contributed by atoms with E-state index in [4.69, 9.17) is 14.7 Å². The van der Waals surface area contributed by atoms with E-state index in [0.29, 0.717) is 6.54 Å². The number of fused-ring (bicyclic) bond motifs is 1. The summed E-state index contributed by atoms with van der Waals surface area (Å²) >= 11 is 0. The van der Waals surface area contributed by atoms with E-state index in [1.807, 2.05) is 6.20 Å². The van der Waals surface area contributed by atoms with Gasteiger partial charge in [-0.05, 0) is 36.2 Å². The predicted octanol–water partition coefficient (Wildman–Crippen LogP) is 5.71. The summed E-state index contributed by atoms with van der Waals surface area (Å²) in [6.45, 7) is 4.70. The van der Waals surface area contributed by atoms with Gasteiger partial charge in [-0.1, -0.05) is 60.7 Å². The van der Waals surface area contributed by atoms with Gasteiger partial charge >= 0.3 is 0 Å². The lowest BCUT2D eigenvalue weighted by atomic mass is 10.1. The number of H-pyrrole nitrogens is 1. The van der Waals surface area contributed by atoms with Crippen LogP contribution in [0, 0.1) is 0 Å². The monoisotopic (exact) mass is 489 g/mol. The fourth-order valence-corrected chi connectivity index (χ4v) is 4.96. The zero-order valence-corrected chi connectivity index (χ0v) is 20.9. The maximum absolute atomic E-state index is 5.61. The van der Waals surface area contributed by atoms with E-state index in [-0.39, 0.29) is 0 Å². The van der Waals surface area contributed by atoms with Crippen molar-refractivity contribution in [1.82, 2.24) is 15.0 Å². The first-order valence-corrected chi connectivity index (χ1v) is 12.9. The lowest BCUT2D eigenvalue weighted by molar-refractivity contribution is 0.122. The van der Waals surface area contributed by atoms with Gasteiger partial charge in [-0.15, -0.1) is 0 Å². The van der Waals surface area contributed by atoms with E-state index in [9.17, 15) is 0 Å². The molecule has 2 aromatic heterocycles. The fourth-order valence-electron chi connectivity index (χ4n) is 4.96. The maximum atomic E-state index is 5.61. The zero-order chi connectivity index (χ0) is 24.9. The molecule has 5 aromatic rings. The summed E-state index contributed by atoms with van der Waals surface area (Å²) in [5, 5.41) is 1.14. The molecule has 1 saturated heterocycles. The number of para-hydroxylation sites is 1. The molecule has 0 aliphatic carbocycles. The quantitative estimate of drug-likeness (QED) is 0.303. The minimum atomic E-state index is 0.701. The Morgan fingerprint density at radius 1 is 0.838 bits per heavy atom. The van der Waals surface area contributed by atoms with Crippen LogP contribution < -0.4 is 9.80 Å². The Labute approximate surface area is 217 Å². The lowest BCUT2D eigenvalue weighted by Crippen LogP contribution is -2.37. The van der Waals surface area contributed by atoms with E-state index in [2.05, 4.69) is 106 Å². The van der Waals surface area contributed by atoms with Crippen LogP contribution in [0.5, 0.6) is 0 Å². The van der Waals surface area contributed by atoms with Gasteiger partial charge < -0.3 is 19.5 Å². The van der Waals surface area contributed by atoms with Gasteiger partial charge in [-0.25, -0.2) is 9.97 Å². The molecule has 0 saturated carbocycles. The summed E-state index contributed by atoms with van der Waals surface area (Å²) in [6.07, 6.45) is 2.94. The number of nitrogens with one attached hydrogen (secondary N) is 1. The molecule has 1 N–H and O–H groups in total. The molecule has 1 fully saturated rings. The van der Waals surface area contributed by atoms with Crippen molar-refractivity contribution in [2.75, 3.05) is 42.6 Å². The number of ether oxygens (including phenoxy) is 1. The Hall–Kier alpha value is -4.16. The molecule has 1 aliphatic rings. The summed E-state index contributed by atoms with van der Waals surface area (Å²) in [5.41, 5.74) is 5.68. The average Bonchev–Trinajstić information content (AvgIpc) is 3.46. The Balaban J connectivity index is 1.37. The molecule has 0 atom stereocenters. The largest absolute Gasteiger partial charge is 0.378 e. The van der Waals surface area contributed by atoms with Gasteiger partial charge in [0.2, 0.25) is 0 Å². The van der Waals surface area contributed by atoms with Gasteiger partial charge in [-0.2, -0.15) is 0 Å². The van der Waals surface area contributed by atoms with Gasteiger partial charge in [0, 0.05) is 54.1 Å². The second-order valence-corrected chi connectivity index (χ2v) is 9.38. The lowest BCUT2D eigenvalue weighted by Gasteiger charge is -2.29. The van der Waals surface area contributed by atoms with Crippen LogP contribution in [0.4, 0.5) is 11.5 Å². The molecule has 0 unspecified atom stereocenters. The van der Waals surface area contributed by atoms with Crippen molar-refractivity contribution in [1.29, 1.82) is 0 Å². The number of hydrogen-bond acceptors (Lipinski definition) is 5. The Morgan fingerprint density at radius 3 is 2.43 bits per heavy atom. The van der Waals surface area contributed by atoms with Gasteiger partial charge in [0.25, 0.3) is 0 Å². The third-order valence-corrected chi connectivity index (χ3v) is 6.92. The first-order chi connectivity index (χ1) is 18.3. The number of morpholine rings is 1. The molecular weight excluding hydrogens is 458 g/mol. The first kappa shape index (κ1) is 23.3. The van der Waals surface area contributed by atoms with Crippen molar-refractivity contribution in [3.63, 3.8) is 0 Å². The number of benzene rings is 3. The highest BCUT2D eigenvalue weighted by molar-refractivity contribution is 5.93. The van der Waals surface area contributed by atoms with Crippen LogP contribution in [0.1, 0.15) is 11.3 Å². The van der Waals surface area contributed by atoms with Crippen molar-refractivity contribution in [3.05, 3.63) is 108 Å². The Kier molecular flexibility index (Phi) is 6.82. The molecule has 0 amide bonds. The highest BCUT2D eigenvalue weighted by atomic mass is 16.5. The SMILES string of the molecule is c1ccc(CCN(Cc2cc(N3CCOCC3)nc(-c3cccc4[nH]ccc34)n2)c2ccccc2)cc1. The fraction of sp³-hybridized carbons (Fsp3) is 0.226. The van der Waals surface area contributed by atoms with Crippen molar-refractivity contribution in [2.45, 2.75) is 13.0 Å². The molecule has 3 aromatic carbocycles. The number of nitrogens with zero attached hydrogens (tertiary/aromatic N) is 4. The second-order valence-electron chi connectivity index (χ2n) is 9.38. The van der Waals surface area contributed by atoms with E-state index in [1.165, 1.54) is 11.3 Å². The summed E-state index contributed by atoms with van der Waals surface area (Å²) in [5.74, 6) is 1.73. The third kappa shape index (κ3) is 5.34. The van der Waals surface area contributed by atoms with Crippen LogP contribution >= 0.6 is 0 Å². The topological polar surface area (TPSA) is 57.3 Å². The normalized spacial score (nSPS) is 13.7. The minimum absolute atomic E-state index is 0.701. The van der Waals surface area contributed by atoms with Crippen molar-refractivity contribution in [3.8, 4) is 11.4 Å². The third-order valence-electron chi connectivity index (χ3n) is 6.92. The highest BCUT2D eigenvalue weighted by Crippen LogP contribution is 2.29. The molecule has 0 radical (unpaired) electrons. The number of hydrogen-bond donors (Lipinski definition) is 1. The van der Waals surface area contributed by atoms with Crippen molar-refractivity contribution in [2.24, 2.45) is 0 Å². The minimum Gasteiger partial charge on any atom is -0.378 e. The number of aromatic nitrogens is 3. The van der Waals surface area contributed by atoms with Crippen molar-refractivity contribution >= 4 is 22.4 Å². The Bertz CT molecular complexity index is 1440. The number of anilines is 2. The zero-order valence-electron chi connectivity index (χ0n) is 20.9. The molecule has 186 valence electrons. The van der Waals surface area contributed by atoms with Crippen LogP contribution in [-0.4, -0.2) is 47.8 Å². The molecule has 0 spiro atoms. The maximum Gasteiger partial charge on any atom is 0.162 e. The summed E-state index contributed by atoms with van der Waals surface area (Å²) < 4.78 is 5.61. The molecular formula is C31H31N5O. The summed E-state index contributed by atoms with van der Waals surface area (Å²) in [6, 6.07) is 31.8. The standard InChI is InChI=1S/C31H31N5O/c1-3-8-24(9-4-1)15-17-36(26-10-5-2-6-11-26)23-25-22-30(35-18-20-37-21-19-35)34-31(33-25)28-12-7-13-29-27(28)14-16-32-29/h1-14,16,22,32H,15,17-21,23H2. The van der Waals surface area contributed by atoms with Crippen LogP contribution in [0.15, 0.2) is 97.2 Å². The summed E-state index contributed by atoms with van der Waals surface area (Å²) in [7, 11) is 0. The molecule has 6 heteroatoms. The second kappa shape index (κ2) is 10.8. The summed E-state index contributed by atoms with van der Waals surface area (Å²) in [4.78, 5) is 18.2. The van der Waals surface area contributed by atoms with Crippen molar-refractivity contribution < 1.29 is 4.74 Å². The van der Waals surface area contributed by atoms with Gasteiger partial charge in [0.05, 0.1) is 25.5 Å². The molecule has 6 nitrogen and oxygen atoms in total. The van der Waals surface area contributed by atoms with E-state index >= 15 is 0 Å². The smallest absolute Gasteiger partial charge is 0.162 e. The average molecular weight is 490 g/mol. The molecule has 0 bridgehead atoms. The molecule has 37 heavy (non-hydrogen) atoms. The van der Waals surface area contributed by atoms with Crippen LogP contribution in [0.25, 0.3) is 22.3 Å². The Morgan fingerprint density at radius 2 is 1.62 bits per heavy atom. The first-order valence-electron chi connectivity index (χ1n) is 12.9. The van der Waals surface area contributed by atoms with Crippen LogP contribution in [0.3, 0.4) is 0 Å². The van der Waals surface area contributed by atoms with E-state index < -0.39 is 0 Å². The molecule has 3 heterocycles. The van der Waals surface area contributed by atoms with Gasteiger partial charge in [-0.3, -0.25) is 0 Å². The van der Waals surface area contributed by atoms with E-state index in [1.54, 1.807) is 0 Å². The van der Waals surface area contributed by atoms with Gasteiger partial charge in [0.15, 0.2) is 5.82 Å². The van der Waals surface area contributed by atoms with Gasteiger partial charge in [0.1, 0.15) is 5.82 Å². The van der Waals surface area contributed by atoms with Crippen LogP contribution in [-0.2, 0) is 17.7 Å². The van der Waals surface area contributed by atoms with Crippen LogP contribution in [0.2, 0.25) is 0 Å². The predicted molar refractivity (Wildman–Crippen MR) is 150 cm³/mol. The number of aromatic amines is 1. The number of rotatable bonds is 8. The molecule has 1 aliphatic heterocycles. The molecule has 6 rings (SSSR count).